The molecule has 1 fully saturated rings. The third kappa shape index (κ3) is 2.27. The monoisotopic (exact) mass is 304 g/mol. The van der Waals surface area contributed by atoms with Crippen LogP contribution in [0.1, 0.15) is 41.0 Å². The number of aromatic nitrogens is 2. The van der Waals surface area contributed by atoms with Crippen molar-refractivity contribution >= 4 is 33.3 Å². The maximum atomic E-state index is 4.70. The molecule has 2 heterocycles. The lowest BCUT2D eigenvalue weighted by atomic mass is 10.0. The van der Waals surface area contributed by atoms with E-state index < -0.39 is 0 Å². The maximum Gasteiger partial charge on any atom is 0.226 e. The van der Waals surface area contributed by atoms with Gasteiger partial charge in [-0.25, -0.2) is 4.98 Å². The summed E-state index contributed by atoms with van der Waals surface area (Å²) in [5, 5.41) is 10.2. The Hall–Kier alpha value is -1.36. The van der Waals surface area contributed by atoms with Gasteiger partial charge in [-0.2, -0.15) is 4.98 Å². The molecule has 4 nitrogen and oxygen atoms in total. The molecule has 0 aromatic carbocycles. The normalized spacial score (nSPS) is 19.7. The Kier molecular flexibility index (Phi) is 3.35. The molecular formula is C16H24N4S. The van der Waals surface area contributed by atoms with Crippen LogP contribution in [0.4, 0.5) is 11.8 Å². The standard InChI is InChI=1S/C16H24N4S/c1-6-8-17-14-19-11(10-7-9-21-12(10)20-14)18-13-15(2,3)16(13,4)5/h7,9,13H,6,8H2,1-5H3,(H2,17,18,19,20). The summed E-state index contributed by atoms with van der Waals surface area (Å²) >= 11 is 1.67. The largest absolute Gasteiger partial charge is 0.366 e. The van der Waals surface area contributed by atoms with Crippen molar-refractivity contribution in [2.45, 2.75) is 47.1 Å². The first-order chi connectivity index (χ1) is 9.88. The van der Waals surface area contributed by atoms with Gasteiger partial charge < -0.3 is 10.6 Å². The molecule has 0 spiro atoms. The van der Waals surface area contributed by atoms with Gasteiger partial charge in [0.1, 0.15) is 10.6 Å². The van der Waals surface area contributed by atoms with E-state index in [4.69, 9.17) is 4.98 Å². The highest BCUT2D eigenvalue weighted by molar-refractivity contribution is 7.16. The summed E-state index contributed by atoms with van der Waals surface area (Å²) in [6, 6.07) is 2.55. The fourth-order valence-electron chi connectivity index (χ4n) is 2.98. The molecule has 3 rings (SSSR count). The summed E-state index contributed by atoms with van der Waals surface area (Å²) < 4.78 is 0. The molecule has 0 unspecified atom stereocenters. The second-order valence-corrected chi connectivity index (χ2v) is 7.88. The highest BCUT2D eigenvalue weighted by Crippen LogP contribution is 2.63. The van der Waals surface area contributed by atoms with Gasteiger partial charge in [0.25, 0.3) is 0 Å². The van der Waals surface area contributed by atoms with Crippen molar-refractivity contribution in [2.24, 2.45) is 10.8 Å². The summed E-state index contributed by atoms with van der Waals surface area (Å²) in [5.41, 5.74) is 0.578. The van der Waals surface area contributed by atoms with Crippen LogP contribution < -0.4 is 10.6 Å². The fourth-order valence-corrected chi connectivity index (χ4v) is 3.74. The van der Waals surface area contributed by atoms with Crippen LogP contribution in [0.2, 0.25) is 0 Å². The van der Waals surface area contributed by atoms with Gasteiger partial charge in [-0.3, -0.25) is 0 Å². The first-order valence-electron chi connectivity index (χ1n) is 7.63. The predicted octanol–water partition coefficient (Wildman–Crippen LogP) is 4.36. The van der Waals surface area contributed by atoms with E-state index in [-0.39, 0.29) is 10.8 Å². The molecule has 2 N–H and O–H groups in total. The van der Waals surface area contributed by atoms with Gasteiger partial charge in [-0.15, -0.1) is 11.3 Å². The van der Waals surface area contributed by atoms with Crippen molar-refractivity contribution in [3.05, 3.63) is 11.4 Å². The van der Waals surface area contributed by atoms with E-state index in [9.17, 15) is 0 Å². The smallest absolute Gasteiger partial charge is 0.226 e. The number of rotatable bonds is 5. The van der Waals surface area contributed by atoms with Crippen molar-refractivity contribution in [1.29, 1.82) is 0 Å². The molecule has 2 aromatic rings. The lowest BCUT2D eigenvalue weighted by molar-refractivity contribution is 0.457. The Bertz CT molecular complexity index is 645. The molecule has 114 valence electrons. The highest BCUT2D eigenvalue weighted by Gasteiger charge is 2.65. The fraction of sp³-hybridized carbons (Fsp3) is 0.625. The van der Waals surface area contributed by atoms with Crippen LogP contribution in [-0.2, 0) is 0 Å². The van der Waals surface area contributed by atoms with Gasteiger partial charge in [-0.05, 0) is 28.7 Å². The molecule has 1 aliphatic carbocycles. The third-order valence-electron chi connectivity index (χ3n) is 5.16. The zero-order valence-electron chi connectivity index (χ0n) is 13.4. The van der Waals surface area contributed by atoms with Crippen LogP contribution >= 0.6 is 11.3 Å². The lowest BCUT2D eigenvalue weighted by Crippen LogP contribution is -2.13. The summed E-state index contributed by atoms with van der Waals surface area (Å²) in [5.74, 6) is 1.69. The van der Waals surface area contributed by atoms with Crippen LogP contribution in [0.5, 0.6) is 0 Å². The maximum absolute atomic E-state index is 4.70. The lowest BCUT2D eigenvalue weighted by Gasteiger charge is -2.11. The van der Waals surface area contributed by atoms with Crippen LogP contribution in [-0.4, -0.2) is 22.6 Å². The van der Waals surface area contributed by atoms with Gasteiger partial charge in [0.15, 0.2) is 0 Å². The molecule has 1 saturated carbocycles. The van der Waals surface area contributed by atoms with Crippen molar-refractivity contribution in [3.8, 4) is 0 Å². The first-order valence-corrected chi connectivity index (χ1v) is 8.51. The molecule has 2 aromatic heterocycles. The number of hydrogen-bond acceptors (Lipinski definition) is 5. The number of thiophene rings is 1. The van der Waals surface area contributed by atoms with Gasteiger partial charge in [0.2, 0.25) is 5.95 Å². The quantitative estimate of drug-likeness (QED) is 0.861. The zero-order valence-corrected chi connectivity index (χ0v) is 14.3. The molecule has 0 aliphatic heterocycles. The molecule has 0 amide bonds. The molecule has 0 saturated heterocycles. The minimum atomic E-state index is 0.289. The second kappa shape index (κ2) is 4.83. The minimum Gasteiger partial charge on any atom is -0.366 e. The van der Waals surface area contributed by atoms with Crippen molar-refractivity contribution in [1.82, 2.24) is 9.97 Å². The summed E-state index contributed by atoms with van der Waals surface area (Å²) in [7, 11) is 0. The van der Waals surface area contributed by atoms with E-state index in [1.54, 1.807) is 11.3 Å². The average molecular weight is 304 g/mol. The van der Waals surface area contributed by atoms with Gasteiger partial charge >= 0.3 is 0 Å². The zero-order chi connectivity index (χ0) is 15.3. The van der Waals surface area contributed by atoms with E-state index in [1.165, 1.54) is 0 Å². The molecule has 0 atom stereocenters. The second-order valence-electron chi connectivity index (χ2n) is 6.98. The number of fused-ring (bicyclic) bond motifs is 1. The molecule has 0 radical (unpaired) electrons. The summed E-state index contributed by atoms with van der Waals surface area (Å²) in [6.45, 7) is 12.3. The molecule has 21 heavy (non-hydrogen) atoms. The Labute approximate surface area is 130 Å². The number of hydrogen-bond donors (Lipinski definition) is 2. The van der Waals surface area contributed by atoms with Crippen LogP contribution in [0, 0.1) is 10.8 Å². The van der Waals surface area contributed by atoms with Gasteiger partial charge in [0.05, 0.1) is 5.39 Å². The van der Waals surface area contributed by atoms with Crippen molar-refractivity contribution in [3.63, 3.8) is 0 Å². The molecule has 1 aliphatic rings. The first kappa shape index (κ1) is 14.6. The SMILES string of the molecule is CCCNc1nc(NC2C(C)(C)C2(C)C)c2ccsc2n1. The Morgan fingerprint density at radius 2 is 1.90 bits per heavy atom. The van der Waals surface area contributed by atoms with E-state index in [0.717, 1.165) is 34.9 Å². The molecule has 0 bridgehead atoms. The van der Waals surface area contributed by atoms with E-state index >= 15 is 0 Å². The van der Waals surface area contributed by atoms with Crippen LogP contribution in [0.25, 0.3) is 10.2 Å². The van der Waals surface area contributed by atoms with Gasteiger partial charge in [0, 0.05) is 12.6 Å². The number of nitrogens with one attached hydrogen (secondary N) is 2. The van der Waals surface area contributed by atoms with Crippen molar-refractivity contribution in [2.75, 3.05) is 17.2 Å². The average Bonchev–Trinajstić information content (AvgIpc) is 2.80. The van der Waals surface area contributed by atoms with Crippen molar-refractivity contribution < 1.29 is 0 Å². The molecule has 5 heteroatoms. The predicted molar refractivity (Wildman–Crippen MR) is 91.2 cm³/mol. The van der Waals surface area contributed by atoms with E-state index in [2.05, 4.69) is 61.7 Å². The number of anilines is 2. The Morgan fingerprint density at radius 1 is 1.19 bits per heavy atom. The highest BCUT2D eigenvalue weighted by atomic mass is 32.1. The Morgan fingerprint density at radius 3 is 2.52 bits per heavy atom. The summed E-state index contributed by atoms with van der Waals surface area (Å²) in [4.78, 5) is 10.3. The minimum absolute atomic E-state index is 0.289. The van der Waals surface area contributed by atoms with Gasteiger partial charge in [-0.1, -0.05) is 34.6 Å². The number of nitrogens with zero attached hydrogens (tertiary/aromatic N) is 2. The van der Waals surface area contributed by atoms with Crippen LogP contribution in [0.15, 0.2) is 11.4 Å². The van der Waals surface area contributed by atoms with E-state index in [0.29, 0.717) is 6.04 Å². The Balaban J connectivity index is 1.92. The van der Waals surface area contributed by atoms with Crippen LogP contribution in [0.3, 0.4) is 0 Å². The van der Waals surface area contributed by atoms with E-state index in [1.807, 2.05) is 0 Å². The summed E-state index contributed by atoms with van der Waals surface area (Å²) in [6.07, 6.45) is 1.07. The third-order valence-corrected chi connectivity index (χ3v) is 5.97. The molecular weight excluding hydrogens is 280 g/mol. The topological polar surface area (TPSA) is 49.8 Å².